The Hall–Kier alpha value is -3.19. The fraction of sp³-hybridized carbons (Fsp3) is 0.261. The van der Waals surface area contributed by atoms with E-state index in [1.807, 2.05) is 31.2 Å². The number of thiazole rings is 1. The number of hydrogen-bond donors (Lipinski definition) is 1. The number of aryl methyl sites for hydroxylation is 1. The van der Waals surface area contributed by atoms with Gasteiger partial charge in [-0.3, -0.25) is 10.1 Å². The number of nitrogens with zero attached hydrogens (tertiary/aromatic N) is 2. The van der Waals surface area contributed by atoms with Gasteiger partial charge in [-0.25, -0.2) is 22.6 Å². The minimum atomic E-state index is -4.16. The monoisotopic (exact) mass is 519 g/mol. The van der Waals surface area contributed by atoms with E-state index in [2.05, 4.69) is 10.3 Å². The fourth-order valence-electron chi connectivity index (χ4n) is 3.31. The Morgan fingerprint density at radius 1 is 1.17 bits per heavy atom. The summed E-state index contributed by atoms with van der Waals surface area (Å²) in [4.78, 5) is 28.4. The van der Waals surface area contributed by atoms with Crippen LogP contribution in [-0.4, -0.2) is 62.5 Å². The van der Waals surface area contributed by atoms with Crippen LogP contribution in [0.3, 0.4) is 0 Å². The van der Waals surface area contributed by atoms with Crippen molar-refractivity contribution in [2.45, 2.75) is 11.8 Å². The maximum Gasteiger partial charge on any atom is 0.338 e. The van der Waals surface area contributed by atoms with Crippen molar-refractivity contribution in [3.63, 3.8) is 0 Å². The van der Waals surface area contributed by atoms with E-state index >= 15 is 0 Å². The van der Waals surface area contributed by atoms with Gasteiger partial charge in [0.15, 0.2) is 11.7 Å². The van der Waals surface area contributed by atoms with E-state index in [4.69, 9.17) is 9.47 Å². The van der Waals surface area contributed by atoms with Crippen molar-refractivity contribution in [3.8, 4) is 11.3 Å². The van der Waals surface area contributed by atoms with Gasteiger partial charge in [-0.05, 0) is 25.1 Å². The summed E-state index contributed by atoms with van der Waals surface area (Å²) < 4.78 is 51.1. The lowest BCUT2D eigenvalue weighted by molar-refractivity contribution is -0.119. The van der Waals surface area contributed by atoms with E-state index in [-0.39, 0.29) is 31.9 Å². The number of halogens is 1. The molecule has 1 fully saturated rings. The van der Waals surface area contributed by atoms with Gasteiger partial charge in [0.05, 0.1) is 24.5 Å². The van der Waals surface area contributed by atoms with Gasteiger partial charge in [-0.1, -0.05) is 29.8 Å². The van der Waals surface area contributed by atoms with E-state index in [1.54, 1.807) is 5.38 Å². The van der Waals surface area contributed by atoms with Crippen molar-refractivity contribution >= 4 is 38.4 Å². The highest BCUT2D eigenvalue weighted by molar-refractivity contribution is 7.89. The topological polar surface area (TPSA) is 115 Å². The molecule has 1 aromatic heterocycles. The number of aromatic nitrogens is 1. The van der Waals surface area contributed by atoms with E-state index in [0.717, 1.165) is 33.6 Å². The van der Waals surface area contributed by atoms with Crippen LogP contribution in [0.1, 0.15) is 15.9 Å². The number of esters is 1. The number of rotatable bonds is 7. The first kappa shape index (κ1) is 24.9. The van der Waals surface area contributed by atoms with Crippen LogP contribution in [0.5, 0.6) is 0 Å². The average molecular weight is 520 g/mol. The Labute approximate surface area is 205 Å². The molecule has 0 aliphatic carbocycles. The van der Waals surface area contributed by atoms with Gasteiger partial charge in [-0.2, -0.15) is 4.31 Å². The number of anilines is 1. The minimum Gasteiger partial charge on any atom is -0.452 e. The summed E-state index contributed by atoms with van der Waals surface area (Å²) in [6, 6.07) is 10.7. The fourth-order valence-corrected chi connectivity index (χ4v) is 5.55. The van der Waals surface area contributed by atoms with Gasteiger partial charge in [0, 0.05) is 24.0 Å². The predicted octanol–water partition coefficient (Wildman–Crippen LogP) is 3.07. The third-order valence-electron chi connectivity index (χ3n) is 5.19. The Kier molecular flexibility index (Phi) is 7.55. The van der Waals surface area contributed by atoms with Crippen LogP contribution in [0, 0.1) is 12.7 Å². The molecule has 3 aromatic rings. The van der Waals surface area contributed by atoms with Crippen LogP contribution in [0.4, 0.5) is 9.52 Å². The molecule has 0 unspecified atom stereocenters. The van der Waals surface area contributed by atoms with Crippen molar-refractivity contribution in [3.05, 3.63) is 64.8 Å². The summed E-state index contributed by atoms with van der Waals surface area (Å²) in [5, 5.41) is 4.68. The van der Waals surface area contributed by atoms with Crippen LogP contribution in [0.25, 0.3) is 11.3 Å². The number of hydrogen-bond acceptors (Lipinski definition) is 8. The number of ether oxygens (including phenoxy) is 2. The maximum absolute atomic E-state index is 14.3. The zero-order valence-electron chi connectivity index (χ0n) is 18.7. The Morgan fingerprint density at radius 3 is 2.60 bits per heavy atom. The molecule has 35 heavy (non-hydrogen) atoms. The third kappa shape index (κ3) is 5.90. The first-order valence-electron chi connectivity index (χ1n) is 10.6. The van der Waals surface area contributed by atoms with E-state index in [1.165, 1.54) is 11.3 Å². The highest BCUT2D eigenvalue weighted by atomic mass is 32.2. The molecule has 0 saturated carbocycles. The largest absolute Gasteiger partial charge is 0.452 e. The van der Waals surface area contributed by atoms with Gasteiger partial charge < -0.3 is 9.47 Å². The maximum atomic E-state index is 14.3. The SMILES string of the molecule is Cc1ccc(-c2csc(NC(=O)COC(=O)c3ccc(F)c(S(=O)(=O)N4CCOCC4)c3)n2)cc1. The molecule has 1 aliphatic heterocycles. The molecule has 0 spiro atoms. The molecule has 1 saturated heterocycles. The number of carbonyl (C=O) groups is 2. The molecule has 2 aromatic carbocycles. The Morgan fingerprint density at radius 2 is 1.89 bits per heavy atom. The third-order valence-corrected chi connectivity index (χ3v) is 7.86. The van der Waals surface area contributed by atoms with Gasteiger partial charge in [0.2, 0.25) is 10.0 Å². The molecule has 2 heterocycles. The first-order chi connectivity index (χ1) is 16.7. The smallest absolute Gasteiger partial charge is 0.338 e. The summed E-state index contributed by atoms with van der Waals surface area (Å²) in [7, 11) is -4.16. The van der Waals surface area contributed by atoms with Crippen molar-refractivity contribution in [2.75, 3.05) is 38.2 Å². The van der Waals surface area contributed by atoms with E-state index in [9.17, 15) is 22.4 Å². The molecule has 1 N–H and O–H groups in total. The summed E-state index contributed by atoms with van der Waals surface area (Å²) in [5.74, 6) is -2.57. The highest BCUT2D eigenvalue weighted by Crippen LogP contribution is 2.25. The molecule has 1 amide bonds. The Balaban J connectivity index is 1.37. The second-order valence-corrected chi connectivity index (χ2v) is 10.5. The first-order valence-corrected chi connectivity index (χ1v) is 12.9. The number of carbonyl (C=O) groups excluding carboxylic acids is 2. The zero-order chi connectivity index (χ0) is 25.0. The zero-order valence-corrected chi connectivity index (χ0v) is 20.3. The van der Waals surface area contributed by atoms with Crippen LogP contribution in [0.2, 0.25) is 0 Å². The van der Waals surface area contributed by atoms with E-state index in [0.29, 0.717) is 10.8 Å². The van der Waals surface area contributed by atoms with Crippen LogP contribution in [-0.2, 0) is 24.3 Å². The molecular weight excluding hydrogens is 497 g/mol. The summed E-state index contributed by atoms with van der Waals surface area (Å²) in [5.41, 5.74) is 2.52. The molecular formula is C23H22FN3O6S2. The van der Waals surface area contributed by atoms with Crippen LogP contribution < -0.4 is 5.32 Å². The molecule has 184 valence electrons. The standard InChI is InChI=1S/C23H22FN3O6S2/c1-15-2-4-16(5-3-15)19-14-34-23(25-19)26-21(28)13-33-22(29)17-6-7-18(24)20(12-17)35(30,31)27-8-10-32-11-9-27/h2-7,12,14H,8-11,13H2,1H3,(H,25,26,28). The van der Waals surface area contributed by atoms with Crippen LogP contribution in [0.15, 0.2) is 52.7 Å². The molecule has 0 bridgehead atoms. The van der Waals surface area contributed by atoms with Gasteiger partial charge in [-0.15, -0.1) is 11.3 Å². The molecule has 1 aliphatic rings. The van der Waals surface area contributed by atoms with Crippen molar-refractivity contribution in [1.29, 1.82) is 0 Å². The molecule has 9 nitrogen and oxygen atoms in total. The number of nitrogens with one attached hydrogen (secondary N) is 1. The quantitative estimate of drug-likeness (QED) is 0.477. The number of amides is 1. The lowest BCUT2D eigenvalue weighted by Crippen LogP contribution is -2.41. The second kappa shape index (κ2) is 10.6. The van der Waals surface area contributed by atoms with Crippen molar-refractivity contribution < 1.29 is 31.9 Å². The van der Waals surface area contributed by atoms with Crippen LogP contribution >= 0.6 is 11.3 Å². The van der Waals surface area contributed by atoms with E-state index < -0.39 is 39.2 Å². The Bertz CT molecular complexity index is 1340. The lowest BCUT2D eigenvalue weighted by atomic mass is 10.1. The van der Waals surface area contributed by atoms with Crippen molar-refractivity contribution in [2.24, 2.45) is 0 Å². The number of benzene rings is 2. The summed E-state index contributed by atoms with van der Waals surface area (Å²) in [6.45, 7) is 1.92. The molecule has 4 rings (SSSR count). The molecule has 0 atom stereocenters. The van der Waals surface area contributed by atoms with Gasteiger partial charge in [0.25, 0.3) is 5.91 Å². The number of sulfonamides is 1. The average Bonchev–Trinajstić information content (AvgIpc) is 3.32. The second-order valence-electron chi connectivity index (χ2n) is 7.69. The summed E-state index contributed by atoms with van der Waals surface area (Å²) in [6.07, 6.45) is 0. The lowest BCUT2D eigenvalue weighted by Gasteiger charge is -2.26. The highest BCUT2D eigenvalue weighted by Gasteiger charge is 2.30. The van der Waals surface area contributed by atoms with Crippen molar-refractivity contribution in [1.82, 2.24) is 9.29 Å². The number of morpholine rings is 1. The molecule has 0 radical (unpaired) electrons. The molecule has 12 heteroatoms. The normalized spacial score (nSPS) is 14.5. The van der Waals surface area contributed by atoms with Gasteiger partial charge in [0.1, 0.15) is 10.7 Å². The minimum absolute atomic E-state index is 0.0823. The summed E-state index contributed by atoms with van der Waals surface area (Å²) >= 11 is 1.22. The van der Waals surface area contributed by atoms with Gasteiger partial charge >= 0.3 is 5.97 Å². The predicted molar refractivity (Wildman–Crippen MR) is 127 cm³/mol.